The third kappa shape index (κ3) is 2.05. The summed E-state index contributed by atoms with van der Waals surface area (Å²) in [6, 6.07) is 8.61. The number of anilines is 4. The monoisotopic (exact) mass is 296 g/mol. The molecular formula is C18H24N4. The van der Waals surface area contributed by atoms with E-state index in [2.05, 4.69) is 34.1 Å². The zero-order valence-electron chi connectivity index (χ0n) is 13.0. The Morgan fingerprint density at radius 3 is 1.45 bits per heavy atom. The molecule has 0 unspecified atom stereocenters. The van der Waals surface area contributed by atoms with Crippen LogP contribution in [0.2, 0.25) is 0 Å². The molecule has 0 spiro atoms. The Kier molecular flexibility index (Phi) is 3.25. The molecule has 4 N–H and O–H groups in total. The highest BCUT2D eigenvalue weighted by atomic mass is 15.2. The lowest BCUT2D eigenvalue weighted by molar-refractivity contribution is 0.949. The van der Waals surface area contributed by atoms with Crippen LogP contribution in [0.1, 0.15) is 25.7 Å². The van der Waals surface area contributed by atoms with E-state index in [1.807, 2.05) is 0 Å². The van der Waals surface area contributed by atoms with Crippen molar-refractivity contribution in [1.29, 1.82) is 0 Å². The highest BCUT2D eigenvalue weighted by Gasteiger charge is 2.20. The molecule has 22 heavy (non-hydrogen) atoms. The molecule has 4 heteroatoms. The van der Waals surface area contributed by atoms with E-state index in [-0.39, 0.29) is 0 Å². The Bertz CT molecular complexity index is 641. The van der Waals surface area contributed by atoms with Gasteiger partial charge in [-0.25, -0.2) is 0 Å². The summed E-state index contributed by atoms with van der Waals surface area (Å²) < 4.78 is 0. The first-order valence-electron chi connectivity index (χ1n) is 8.36. The van der Waals surface area contributed by atoms with E-state index in [1.54, 1.807) is 0 Å². The molecule has 116 valence electrons. The molecule has 0 saturated carbocycles. The van der Waals surface area contributed by atoms with Crippen LogP contribution in [0.25, 0.3) is 10.8 Å². The molecule has 0 atom stereocenters. The first-order valence-corrected chi connectivity index (χ1v) is 8.36. The van der Waals surface area contributed by atoms with Crippen molar-refractivity contribution >= 4 is 33.5 Å². The summed E-state index contributed by atoms with van der Waals surface area (Å²) >= 11 is 0. The summed E-state index contributed by atoms with van der Waals surface area (Å²) in [5, 5.41) is 2.18. The lowest BCUT2D eigenvalue weighted by atomic mass is 10.0. The number of hydrogen-bond donors (Lipinski definition) is 2. The Morgan fingerprint density at radius 2 is 1.05 bits per heavy atom. The molecule has 0 bridgehead atoms. The van der Waals surface area contributed by atoms with Crippen LogP contribution in [0.4, 0.5) is 22.7 Å². The van der Waals surface area contributed by atoms with E-state index in [0.29, 0.717) is 0 Å². The van der Waals surface area contributed by atoms with Crippen LogP contribution >= 0.6 is 0 Å². The Balaban J connectivity index is 1.85. The van der Waals surface area contributed by atoms with E-state index in [9.17, 15) is 0 Å². The van der Waals surface area contributed by atoms with Gasteiger partial charge in [0.2, 0.25) is 0 Å². The number of nitrogens with two attached hydrogens (primary N) is 2. The molecule has 0 aromatic heterocycles. The minimum atomic E-state index is 0.845. The summed E-state index contributed by atoms with van der Waals surface area (Å²) in [6.07, 6.45) is 5.00. The zero-order chi connectivity index (χ0) is 15.1. The summed E-state index contributed by atoms with van der Waals surface area (Å²) in [6.45, 7) is 4.39. The number of rotatable bonds is 2. The molecule has 0 aliphatic carbocycles. The maximum absolute atomic E-state index is 6.53. The summed E-state index contributed by atoms with van der Waals surface area (Å²) in [5.74, 6) is 0. The lowest BCUT2D eigenvalue weighted by Gasteiger charge is -2.24. The Morgan fingerprint density at radius 1 is 0.636 bits per heavy atom. The molecule has 4 rings (SSSR count). The van der Waals surface area contributed by atoms with E-state index in [4.69, 9.17) is 11.5 Å². The van der Waals surface area contributed by atoms with Crippen LogP contribution in [0.3, 0.4) is 0 Å². The van der Waals surface area contributed by atoms with Crippen molar-refractivity contribution in [2.75, 3.05) is 47.4 Å². The molecular weight excluding hydrogens is 272 g/mol. The van der Waals surface area contributed by atoms with Gasteiger partial charge in [0.25, 0.3) is 0 Å². The Labute approximate surface area is 131 Å². The molecule has 2 fully saturated rings. The van der Waals surface area contributed by atoms with E-state index in [1.165, 1.54) is 25.7 Å². The van der Waals surface area contributed by atoms with Crippen LogP contribution in [-0.2, 0) is 0 Å². The summed E-state index contributed by atoms with van der Waals surface area (Å²) in [4.78, 5) is 4.77. The molecule has 2 aliphatic heterocycles. The van der Waals surface area contributed by atoms with Gasteiger partial charge in [-0.1, -0.05) is 12.1 Å². The first kappa shape index (κ1) is 13.6. The average molecular weight is 296 g/mol. The quantitative estimate of drug-likeness (QED) is 0.836. The first-order chi connectivity index (χ1) is 10.8. The lowest BCUT2D eigenvalue weighted by Crippen LogP contribution is -2.20. The van der Waals surface area contributed by atoms with Crippen molar-refractivity contribution in [3.63, 3.8) is 0 Å². The molecule has 2 saturated heterocycles. The molecule has 0 radical (unpaired) electrons. The van der Waals surface area contributed by atoms with Crippen molar-refractivity contribution in [3.05, 3.63) is 24.3 Å². The topological polar surface area (TPSA) is 58.5 Å². The third-order valence-corrected chi connectivity index (χ3v) is 5.11. The molecule has 4 nitrogen and oxygen atoms in total. The van der Waals surface area contributed by atoms with Crippen molar-refractivity contribution in [3.8, 4) is 0 Å². The highest BCUT2D eigenvalue weighted by Crippen LogP contribution is 2.40. The predicted octanol–water partition coefficient (Wildman–Crippen LogP) is 3.20. The second kappa shape index (κ2) is 5.27. The summed E-state index contributed by atoms with van der Waals surface area (Å²) in [7, 11) is 0. The van der Waals surface area contributed by atoms with Crippen molar-refractivity contribution in [2.24, 2.45) is 0 Å². The normalized spacial score (nSPS) is 18.5. The van der Waals surface area contributed by atoms with Crippen LogP contribution in [0, 0.1) is 0 Å². The molecule has 2 aromatic carbocycles. The number of fused-ring (bicyclic) bond motifs is 1. The number of nitrogen functional groups attached to an aromatic ring is 2. The molecule has 2 aromatic rings. The molecule has 2 heterocycles. The maximum Gasteiger partial charge on any atom is 0.0653 e. The zero-order valence-corrected chi connectivity index (χ0v) is 13.0. The SMILES string of the molecule is Nc1c(N2CCCC2)ccc2ccc(N3CCCC3)c(N)c12. The van der Waals surface area contributed by atoms with Gasteiger partial charge in [-0.3, -0.25) is 0 Å². The van der Waals surface area contributed by atoms with Gasteiger partial charge in [0.05, 0.1) is 22.7 Å². The summed E-state index contributed by atoms with van der Waals surface area (Å²) in [5.41, 5.74) is 17.0. The predicted molar refractivity (Wildman–Crippen MR) is 95.7 cm³/mol. The van der Waals surface area contributed by atoms with Gasteiger partial charge in [-0.15, -0.1) is 0 Å². The van der Waals surface area contributed by atoms with Gasteiger partial charge >= 0.3 is 0 Å². The fourth-order valence-corrected chi connectivity index (χ4v) is 3.92. The van der Waals surface area contributed by atoms with Gasteiger partial charge in [-0.2, -0.15) is 0 Å². The van der Waals surface area contributed by atoms with Crippen molar-refractivity contribution < 1.29 is 0 Å². The number of benzene rings is 2. The smallest absolute Gasteiger partial charge is 0.0653 e. The maximum atomic E-state index is 6.53. The standard InChI is InChI=1S/C18H24N4/c19-17-14(21-9-1-2-10-21)7-5-13-6-8-15(18(20)16(13)17)22-11-3-4-12-22/h5-8H,1-4,9-12,19-20H2. The molecule has 0 amide bonds. The van der Waals surface area contributed by atoms with Gasteiger partial charge in [-0.05, 0) is 43.2 Å². The fraction of sp³-hybridized carbons (Fsp3) is 0.444. The number of hydrogen-bond acceptors (Lipinski definition) is 4. The largest absolute Gasteiger partial charge is 0.396 e. The van der Waals surface area contributed by atoms with E-state index < -0.39 is 0 Å². The van der Waals surface area contributed by atoms with Crippen LogP contribution in [-0.4, -0.2) is 26.2 Å². The molecule has 2 aliphatic rings. The minimum absolute atomic E-state index is 0.845. The van der Waals surface area contributed by atoms with E-state index in [0.717, 1.165) is 59.7 Å². The van der Waals surface area contributed by atoms with Gasteiger partial charge in [0, 0.05) is 31.6 Å². The fourth-order valence-electron chi connectivity index (χ4n) is 3.92. The second-order valence-electron chi connectivity index (χ2n) is 6.48. The van der Waals surface area contributed by atoms with Gasteiger partial charge in [0.1, 0.15) is 0 Å². The third-order valence-electron chi connectivity index (χ3n) is 5.11. The average Bonchev–Trinajstić information content (AvgIpc) is 3.21. The van der Waals surface area contributed by atoms with Crippen LogP contribution < -0.4 is 21.3 Å². The van der Waals surface area contributed by atoms with Gasteiger partial charge < -0.3 is 21.3 Å². The highest BCUT2D eigenvalue weighted by molar-refractivity contribution is 6.09. The van der Waals surface area contributed by atoms with Crippen LogP contribution in [0.15, 0.2) is 24.3 Å². The Hall–Kier alpha value is -2.10. The van der Waals surface area contributed by atoms with Gasteiger partial charge in [0.15, 0.2) is 0 Å². The van der Waals surface area contributed by atoms with Crippen molar-refractivity contribution in [2.45, 2.75) is 25.7 Å². The van der Waals surface area contributed by atoms with Crippen molar-refractivity contribution in [1.82, 2.24) is 0 Å². The second-order valence-corrected chi connectivity index (χ2v) is 6.48. The van der Waals surface area contributed by atoms with E-state index >= 15 is 0 Å². The number of nitrogens with zero attached hydrogens (tertiary/aromatic N) is 2. The minimum Gasteiger partial charge on any atom is -0.396 e. The van der Waals surface area contributed by atoms with Crippen LogP contribution in [0.5, 0.6) is 0 Å².